The topological polar surface area (TPSA) is 33.3 Å². The Labute approximate surface area is 148 Å². The minimum Gasteiger partial charge on any atom is -0.495 e. The van der Waals surface area contributed by atoms with Crippen molar-refractivity contribution in [3.8, 4) is 5.75 Å². The van der Waals surface area contributed by atoms with Gasteiger partial charge in [-0.15, -0.1) is 0 Å². The van der Waals surface area contributed by atoms with E-state index in [1.807, 2.05) is 18.2 Å². The minimum atomic E-state index is 0.521. The molecule has 0 amide bonds. The van der Waals surface area contributed by atoms with Crippen LogP contribution >= 0.6 is 23.8 Å². The maximum atomic E-state index is 6.10. The molecule has 0 unspecified atom stereocenters. The highest BCUT2D eigenvalue weighted by Crippen LogP contribution is 2.27. The highest BCUT2D eigenvalue weighted by molar-refractivity contribution is 7.80. The number of halogens is 1. The second-order valence-corrected chi connectivity index (χ2v) is 6.04. The Hall–Kier alpha value is -1.78. The molecule has 0 spiro atoms. The molecule has 0 aromatic heterocycles. The van der Waals surface area contributed by atoms with Gasteiger partial charge in [0.05, 0.1) is 12.1 Å². The van der Waals surface area contributed by atoms with Gasteiger partial charge < -0.3 is 15.4 Å². The molecular weight excluding hydrogens is 328 g/mol. The minimum absolute atomic E-state index is 0.521. The van der Waals surface area contributed by atoms with Crippen molar-refractivity contribution in [2.75, 3.05) is 17.7 Å². The molecule has 0 radical (unpaired) electrons. The number of ether oxygens (including phenoxy) is 1. The number of anilines is 2. The van der Waals surface area contributed by atoms with Crippen LogP contribution in [0.5, 0.6) is 5.75 Å². The average molecular weight is 349 g/mol. The van der Waals surface area contributed by atoms with E-state index in [0.29, 0.717) is 15.9 Å². The van der Waals surface area contributed by atoms with E-state index in [9.17, 15) is 0 Å². The third-order valence-corrected chi connectivity index (χ3v) is 3.94. The van der Waals surface area contributed by atoms with E-state index in [4.69, 9.17) is 28.6 Å². The molecule has 0 bridgehead atoms. The van der Waals surface area contributed by atoms with Gasteiger partial charge in [0.1, 0.15) is 5.75 Å². The number of thiocarbonyl (C=S) groups is 1. The summed E-state index contributed by atoms with van der Waals surface area (Å²) < 4.78 is 5.13. The van der Waals surface area contributed by atoms with Gasteiger partial charge >= 0.3 is 0 Å². The molecule has 0 aliphatic carbocycles. The summed E-state index contributed by atoms with van der Waals surface area (Å²) in [4.78, 5) is 0. The maximum Gasteiger partial charge on any atom is 0.175 e. The van der Waals surface area contributed by atoms with Crippen LogP contribution in [0.1, 0.15) is 25.3 Å². The van der Waals surface area contributed by atoms with Gasteiger partial charge in [-0.2, -0.15) is 0 Å². The highest BCUT2D eigenvalue weighted by atomic mass is 35.5. The summed E-state index contributed by atoms with van der Waals surface area (Å²) in [5, 5.41) is 7.34. The number of unbranched alkanes of at least 4 members (excludes halogenated alkanes) is 1. The molecule has 0 fully saturated rings. The van der Waals surface area contributed by atoms with E-state index in [2.05, 4.69) is 29.7 Å². The fourth-order valence-electron chi connectivity index (χ4n) is 2.17. The van der Waals surface area contributed by atoms with Crippen molar-refractivity contribution in [2.45, 2.75) is 26.2 Å². The van der Waals surface area contributed by atoms with Crippen LogP contribution in [0.25, 0.3) is 0 Å². The van der Waals surface area contributed by atoms with Crippen molar-refractivity contribution in [1.82, 2.24) is 0 Å². The van der Waals surface area contributed by atoms with Gasteiger partial charge in [0.2, 0.25) is 0 Å². The van der Waals surface area contributed by atoms with Crippen LogP contribution in [0.3, 0.4) is 0 Å². The molecule has 0 aliphatic rings. The molecule has 122 valence electrons. The van der Waals surface area contributed by atoms with Crippen LogP contribution in [-0.4, -0.2) is 12.2 Å². The molecule has 5 heteroatoms. The summed E-state index contributed by atoms with van der Waals surface area (Å²) in [6, 6.07) is 13.8. The van der Waals surface area contributed by atoms with Gasteiger partial charge in [-0.05, 0) is 61.0 Å². The zero-order valence-electron chi connectivity index (χ0n) is 13.4. The maximum absolute atomic E-state index is 6.10. The molecule has 2 aromatic carbocycles. The molecule has 0 aliphatic heterocycles. The lowest BCUT2D eigenvalue weighted by molar-refractivity contribution is 0.415. The summed E-state index contributed by atoms with van der Waals surface area (Å²) in [5.41, 5.74) is 3.12. The second-order valence-electron chi connectivity index (χ2n) is 5.23. The van der Waals surface area contributed by atoms with Crippen molar-refractivity contribution in [3.63, 3.8) is 0 Å². The van der Waals surface area contributed by atoms with Gasteiger partial charge in [-0.25, -0.2) is 0 Å². The van der Waals surface area contributed by atoms with Crippen LogP contribution in [0, 0.1) is 0 Å². The molecule has 23 heavy (non-hydrogen) atoms. The first-order chi connectivity index (χ1) is 11.1. The summed E-state index contributed by atoms with van der Waals surface area (Å²) >= 11 is 11.4. The van der Waals surface area contributed by atoms with E-state index in [-0.39, 0.29) is 0 Å². The molecule has 3 nitrogen and oxygen atoms in total. The zero-order valence-corrected chi connectivity index (χ0v) is 14.9. The zero-order chi connectivity index (χ0) is 16.7. The predicted octanol–water partition coefficient (Wildman–Crippen LogP) is 5.50. The predicted molar refractivity (Wildman–Crippen MR) is 103 cm³/mol. The van der Waals surface area contributed by atoms with Gasteiger partial charge in [0.25, 0.3) is 0 Å². The van der Waals surface area contributed by atoms with Gasteiger partial charge in [0.15, 0.2) is 5.11 Å². The van der Waals surface area contributed by atoms with Crippen molar-refractivity contribution < 1.29 is 4.74 Å². The number of hydrogen-bond donors (Lipinski definition) is 2. The van der Waals surface area contributed by atoms with Gasteiger partial charge in [-0.1, -0.05) is 37.1 Å². The molecule has 2 rings (SSSR count). The quantitative estimate of drug-likeness (QED) is 0.675. The second kappa shape index (κ2) is 8.75. The summed E-state index contributed by atoms with van der Waals surface area (Å²) in [5.74, 6) is 0.638. The van der Waals surface area contributed by atoms with Crippen molar-refractivity contribution in [2.24, 2.45) is 0 Å². The lowest BCUT2D eigenvalue weighted by Gasteiger charge is -2.12. The number of nitrogens with one attached hydrogen (secondary N) is 2. The van der Waals surface area contributed by atoms with Gasteiger partial charge in [-0.3, -0.25) is 0 Å². The normalized spacial score (nSPS) is 10.2. The summed E-state index contributed by atoms with van der Waals surface area (Å²) in [6.07, 6.45) is 3.53. The van der Waals surface area contributed by atoms with E-state index >= 15 is 0 Å². The fourth-order valence-corrected chi connectivity index (χ4v) is 2.67. The Kier molecular flexibility index (Phi) is 6.68. The Balaban J connectivity index is 1.92. The molecule has 2 N–H and O–H groups in total. The number of hydrogen-bond acceptors (Lipinski definition) is 2. The first-order valence-electron chi connectivity index (χ1n) is 7.63. The Morgan fingerprint density at radius 2 is 1.74 bits per heavy atom. The van der Waals surface area contributed by atoms with E-state index in [1.165, 1.54) is 18.4 Å². The summed E-state index contributed by atoms with van der Waals surface area (Å²) in [6.45, 7) is 2.20. The lowest BCUT2D eigenvalue weighted by Crippen LogP contribution is -2.19. The largest absolute Gasteiger partial charge is 0.495 e. The lowest BCUT2D eigenvalue weighted by atomic mass is 10.1. The third-order valence-electron chi connectivity index (χ3n) is 3.44. The first kappa shape index (κ1) is 17.6. The molecular formula is C18H21ClN2OS. The highest BCUT2D eigenvalue weighted by Gasteiger charge is 2.04. The number of methoxy groups -OCH3 is 1. The third kappa shape index (κ3) is 5.41. The van der Waals surface area contributed by atoms with Crippen LogP contribution in [0.4, 0.5) is 11.4 Å². The van der Waals surface area contributed by atoms with Crippen LogP contribution < -0.4 is 15.4 Å². The van der Waals surface area contributed by atoms with Gasteiger partial charge in [0, 0.05) is 11.4 Å². The van der Waals surface area contributed by atoms with E-state index in [1.54, 1.807) is 19.2 Å². The van der Waals surface area contributed by atoms with Crippen molar-refractivity contribution >= 4 is 40.3 Å². The van der Waals surface area contributed by atoms with E-state index in [0.717, 1.165) is 17.8 Å². The smallest absolute Gasteiger partial charge is 0.175 e. The first-order valence-corrected chi connectivity index (χ1v) is 8.41. The van der Waals surface area contributed by atoms with Crippen LogP contribution in [0.15, 0.2) is 42.5 Å². The molecule has 0 heterocycles. The monoisotopic (exact) mass is 348 g/mol. The molecule has 0 atom stereocenters. The average Bonchev–Trinajstić information content (AvgIpc) is 2.54. The number of aryl methyl sites for hydroxylation is 1. The fraction of sp³-hybridized carbons (Fsp3) is 0.278. The Morgan fingerprint density at radius 3 is 2.35 bits per heavy atom. The number of rotatable bonds is 6. The summed E-state index contributed by atoms with van der Waals surface area (Å²) in [7, 11) is 1.59. The van der Waals surface area contributed by atoms with Crippen molar-refractivity contribution in [3.05, 3.63) is 53.1 Å². The molecule has 2 aromatic rings. The molecule has 0 saturated heterocycles. The van der Waals surface area contributed by atoms with Crippen molar-refractivity contribution in [1.29, 1.82) is 0 Å². The Morgan fingerprint density at radius 1 is 1.09 bits per heavy atom. The van der Waals surface area contributed by atoms with Crippen LogP contribution in [-0.2, 0) is 6.42 Å². The number of benzene rings is 2. The van der Waals surface area contributed by atoms with E-state index < -0.39 is 0 Å². The van der Waals surface area contributed by atoms with Crippen LogP contribution in [0.2, 0.25) is 5.02 Å². The molecule has 0 saturated carbocycles. The Bertz CT molecular complexity index is 659. The SMILES string of the molecule is CCCCc1ccc(NC(=S)Nc2ccc(OC)c(Cl)c2)cc1. The standard InChI is InChI=1S/C18H21ClN2OS/c1-3-4-5-13-6-8-14(9-7-13)20-18(23)21-15-10-11-17(22-2)16(19)12-15/h6-12H,3-5H2,1-2H3,(H2,20,21,23).